The van der Waals surface area contributed by atoms with Crippen molar-refractivity contribution in [1.29, 1.82) is 0 Å². The number of thiophene rings is 1. The van der Waals surface area contributed by atoms with Gasteiger partial charge in [0.25, 0.3) is 5.91 Å². The van der Waals surface area contributed by atoms with E-state index >= 15 is 0 Å². The van der Waals surface area contributed by atoms with E-state index < -0.39 is 0 Å². The van der Waals surface area contributed by atoms with Crippen molar-refractivity contribution in [3.63, 3.8) is 0 Å². The quantitative estimate of drug-likeness (QED) is 0.826. The number of carbonyl (C=O) groups excluding carboxylic acids is 1. The Labute approximate surface area is 121 Å². The molecule has 0 saturated heterocycles. The lowest BCUT2D eigenvalue weighted by Gasteiger charge is -2.36. The Balaban J connectivity index is 2.04. The zero-order valence-corrected chi connectivity index (χ0v) is 13.2. The van der Waals surface area contributed by atoms with Crippen LogP contribution in [-0.2, 0) is 6.42 Å². The van der Waals surface area contributed by atoms with E-state index in [1.54, 1.807) is 11.3 Å². The summed E-state index contributed by atoms with van der Waals surface area (Å²) in [7, 11) is 0. The van der Waals surface area contributed by atoms with E-state index in [2.05, 4.69) is 34.2 Å². The number of hydrogen-bond donors (Lipinski definition) is 1. The third-order valence-corrected chi connectivity index (χ3v) is 5.98. The van der Waals surface area contributed by atoms with Gasteiger partial charge in [-0.25, -0.2) is 0 Å². The molecule has 1 aliphatic carbocycles. The molecule has 0 aromatic carbocycles. The first-order valence-electron chi connectivity index (χ1n) is 6.66. The first-order valence-corrected chi connectivity index (χ1v) is 8.60. The van der Waals surface area contributed by atoms with E-state index in [1.807, 2.05) is 6.07 Å². The van der Waals surface area contributed by atoms with Gasteiger partial charge in [0.2, 0.25) is 0 Å². The van der Waals surface area contributed by atoms with Crippen molar-refractivity contribution in [1.82, 2.24) is 5.32 Å². The predicted octanol–water partition coefficient (Wildman–Crippen LogP) is 4.14. The molecule has 2 rings (SSSR count). The molecule has 0 atom stereocenters. The molecule has 1 fully saturated rings. The van der Waals surface area contributed by atoms with Crippen LogP contribution in [0.15, 0.2) is 12.1 Å². The number of alkyl halides is 1. The Hall–Kier alpha value is -0.350. The lowest BCUT2D eigenvalue weighted by Crippen LogP contribution is -2.51. The fourth-order valence-corrected chi connectivity index (χ4v) is 4.06. The molecular formula is C14H20BrNOS. The molecule has 0 aliphatic heterocycles. The Morgan fingerprint density at radius 3 is 2.67 bits per heavy atom. The van der Waals surface area contributed by atoms with E-state index in [1.165, 1.54) is 24.1 Å². The number of halogens is 1. The number of rotatable bonds is 4. The van der Waals surface area contributed by atoms with Crippen molar-refractivity contribution in [2.75, 3.05) is 5.33 Å². The third-order valence-electron chi connectivity index (χ3n) is 3.68. The summed E-state index contributed by atoms with van der Waals surface area (Å²) in [5, 5.41) is 4.12. The van der Waals surface area contributed by atoms with Crippen molar-refractivity contribution < 1.29 is 4.79 Å². The maximum atomic E-state index is 12.3. The minimum absolute atomic E-state index is 0.0221. The topological polar surface area (TPSA) is 29.1 Å². The molecule has 4 heteroatoms. The van der Waals surface area contributed by atoms with Gasteiger partial charge in [-0.3, -0.25) is 4.79 Å². The highest BCUT2D eigenvalue weighted by atomic mass is 79.9. The predicted molar refractivity (Wildman–Crippen MR) is 80.8 cm³/mol. The van der Waals surface area contributed by atoms with Crippen molar-refractivity contribution in [2.45, 2.75) is 51.0 Å². The number of hydrogen-bond acceptors (Lipinski definition) is 2. The van der Waals surface area contributed by atoms with Crippen LogP contribution in [0.5, 0.6) is 0 Å². The molecule has 1 amide bonds. The van der Waals surface area contributed by atoms with Crippen LogP contribution >= 0.6 is 27.3 Å². The molecule has 1 aromatic heterocycles. The van der Waals surface area contributed by atoms with E-state index in [4.69, 9.17) is 0 Å². The Bertz CT molecular complexity index is 410. The molecule has 1 saturated carbocycles. The zero-order valence-electron chi connectivity index (χ0n) is 10.8. The first-order chi connectivity index (χ1) is 8.69. The standard InChI is InChI=1S/C14H20BrNOS/c1-2-11-6-7-12(18-11)13(17)16-14(10-15)8-4-3-5-9-14/h6-7H,2-5,8-10H2,1H3,(H,16,17). The monoisotopic (exact) mass is 329 g/mol. The van der Waals surface area contributed by atoms with Gasteiger partial charge in [-0.05, 0) is 31.4 Å². The Morgan fingerprint density at radius 2 is 2.11 bits per heavy atom. The van der Waals surface area contributed by atoms with Gasteiger partial charge >= 0.3 is 0 Å². The fourth-order valence-electron chi connectivity index (χ4n) is 2.51. The molecule has 18 heavy (non-hydrogen) atoms. The highest BCUT2D eigenvalue weighted by molar-refractivity contribution is 9.09. The number of amides is 1. The molecule has 0 bridgehead atoms. The van der Waals surface area contributed by atoms with E-state index in [0.29, 0.717) is 0 Å². The smallest absolute Gasteiger partial charge is 0.261 e. The summed E-state index contributed by atoms with van der Waals surface area (Å²) in [6.45, 7) is 2.12. The Kier molecular flexibility index (Phi) is 4.84. The molecule has 1 N–H and O–H groups in total. The summed E-state index contributed by atoms with van der Waals surface area (Å²) in [5.74, 6) is 0.0982. The molecule has 1 aromatic rings. The van der Waals surface area contributed by atoms with Gasteiger partial charge in [0, 0.05) is 10.2 Å². The SMILES string of the molecule is CCc1ccc(C(=O)NC2(CBr)CCCCC2)s1. The van der Waals surface area contributed by atoms with Crippen LogP contribution in [0.4, 0.5) is 0 Å². The van der Waals surface area contributed by atoms with Crippen LogP contribution in [-0.4, -0.2) is 16.8 Å². The van der Waals surface area contributed by atoms with Gasteiger partial charge in [-0.2, -0.15) is 0 Å². The van der Waals surface area contributed by atoms with Crippen molar-refractivity contribution in [3.8, 4) is 0 Å². The van der Waals surface area contributed by atoms with Crippen LogP contribution in [0.2, 0.25) is 0 Å². The van der Waals surface area contributed by atoms with Gasteiger partial charge < -0.3 is 5.32 Å². The number of carbonyl (C=O) groups is 1. The minimum atomic E-state index is -0.0221. The number of nitrogens with one attached hydrogen (secondary N) is 1. The maximum Gasteiger partial charge on any atom is 0.261 e. The molecule has 1 heterocycles. The van der Waals surface area contributed by atoms with Crippen molar-refractivity contribution in [3.05, 3.63) is 21.9 Å². The average molecular weight is 330 g/mol. The van der Waals surface area contributed by atoms with Gasteiger partial charge in [0.1, 0.15) is 0 Å². The minimum Gasteiger partial charge on any atom is -0.345 e. The van der Waals surface area contributed by atoms with Crippen LogP contribution < -0.4 is 5.32 Å². The first kappa shape index (κ1) is 14.1. The van der Waals surface area contributed by atoms with Gasteiger partial charge in [-0.1, -0.05) is 42.1 Å². The van der Waals surface area contributed by atoms with E-state index in [0.717, 1.165) is 29.5 Å². The Morgan fingerprint density at radius 1 is 1.39 bits per heavy atom. The second-order valence-corrected chi connectivity index (χ2v) is 6.78. The van der Waals surface area contributed by atoms with Crippen LogP contribution in [0, 0.1) is 0 Å². The van der Waals surface area contributed by atoms with Gasteiger partial charge in [0.05, 0.1) is 10.4 Å². The highest BCUT2D eigenvalue weighted by Crippen LogP contribution is 2.30. The second kappa shape index (κ2) is 6.20. The molecule has 0 unspecified atom stereocenters. The molecule has 1 aliphatic rings. The summed E-state index contributed by atoms with van der Waals surface area (Å²) >= 11 is 5.19. The zero-order chi connectivity index (χ0) is 13.0. The highest BCUT2D eigenvalue weighted by Gasteiger charge is 2.32. The fraction of sp³-hybridized carbons (Fsp3) is 0.643. The number of aryl methyl sites for hydroxylation is 1. The third kappa shape index (κ3) is 3.15. The molecule has 2 nitrogen and oxygen atoms in total. The van der Waals surface area contributed by atoms with Crippen LogP contribution in [0.1, 0.15) is 53.6 Å². The largest absolute Gasteiger partial charge is 0.345 e. The lowest BCUT2D eigenvalue weighted by molar-refractivity contribution is 0.0890. The second-order valence-electron chi connectivity index (χ2n) is 5.05. The summed E-state index contributed by atoms with van der Waals surface area (Å²) < 4.78 is 0. The molecule has 100 valence electrons. The van der Waals surface area contributed by atoms with Crippen molar-refractivity contribution in [2.24, 2.45) is 0 Å². The summed E-state index contributed by atoms with van der Waals surface area (Å²) in [4.78, 5) is 14.4. The van der Waals surface area contributed by atoms with E-state index in [9.17, 15) is 4.79 Å². The van der Waals surface area contributed by atoms with Gasteiger partial charge in [0.15, 0.2) is 0 Å². The summed E-state index contributed by atoms with van der Waals surface area (Å²) in [6.07, 6.45) is 6.92. The molecule has 0 radical (unpaired) electrons. The summed E-state index contributed by atoms with van der Waals surface area (Å²) in [5.41, 5.74) is -0.0221. The van der Waals surface area contributed by atoms with Gasteiger partial charge in [-0.15, -0.1) is 11.3 Å². The normalized spacial score (nSPS) is 18.6. The average Bonchev–Trinajstić information content (AvgIpc) is 2.88. The van der Waals surface area contributed by atoms with E-state index in [-0.39, 0.29) is 11.4 Å². The molecule has 0 spiro atoms. The lowest BCUT2D eigenvalue weighted by atomic mass is 9.83. The van der Waals surface area contributed by atoms with Crippen molar-refractivity contribution >= 4 is 33.2 Å². The summed E-state index contributed by atoms with van der Waals surface area (Å²) in [6, 6.07) is 4.00. The molecular weight excluding hydrogens is 310 g/mol. The maximum absolute atomic E-state index is 12.3. The van der Waals surface area contributed by atoms with Crippen LogP contribution in [0.25, 0.3) is 0 Å². The van der Waals surface area contributed by atoms with Crippen LogP contribution in [0.3, 0.4) is 0 Å².